The molecular formula is C55H87NO6. The molecule has 0 aliphatic heterocycles. The fourth-order valence-corrected chi connectivity index (χ4v) is 13.4. The molecule has 0 bridgehead atoms. The lowest BCUT2D eigenvalue weighted by molar-refractivity contribution is -0.197. The van der Waals surface area contributed by atoms with Crippen molar-refractivity contribution in [1.29, 1.82) is 0 Å². The zero-order valence-electron chi connectivity index (χ0n) is 40.3. The second-order valence-electron chi connectivity index (χ2n) is 22.3. The number of ether oxygens (including phenoxy) is 1. The van der Waals surface area contributed by atoms with E-state index in [1.165, 1.54) is 5.57 Å². The summed E-state index contributed by atoms with van der Waals surface area (Å²) in [7, 11) is 0. The van der Waals surface area contributed by atoms with Gasteiger partial charge in [-0.15, -0.1) is 12.8 Å². The van der Waals surface area contributed by atoms with Crippen molar-refractivity contribution in [3.63, 3.8) is 0 Å². The fraction of sp³-hybridized carbons (Fsp3) is 0.727. The molecule has 7 unspecified atom stereocenters. The van der Waals surface area contributed by atoms with Crippen LogP contribution in [0.5, 0.6) is 0 Å². The SMILES string of the molecule is C.C#C.C=C(O)C(C)(C)CC(=O)OC1CCC2(C)C3CCC(C)(CCCC)C4=C(C(C)C)C(=O)CC4([C@H](O)CN(Cc4ccc(C)cc4)C(C)=O)CCCC3(C)CCC2C1(C)C. The predicted octanol–water partition coefficient (Wildman–Crippen LogP) is 12.9. The maximum absolute atomic E-state index is 14.5. The number of Topliss-reactive ketones (excluding diaryl/α,β-unsaturated/α-hetero) is 1. The Hall–Kier alpha value is -3.37. The van der Waals surface area contributed by atoms with Crippen molar-refractivity contribution in [2.24, 2.45) is 50.2 Å². The van der Waals surface area contributed by atoms with E-state index in [-0.39, 0.29) is 77.5 Å². The molecule has 5 rings (SSSR count). The molecule has 0 aromatic heterocycles. The minimum absolute atomic E-state index is 0. The largest absolute Gasteiger partial charge is 0.512 e. The van der Waals surface area contributed by atoms with Crippen molar-refractivity contribution in [3.05, 3.63) is 58.9 Å². The predicted molar refractivity (Wildman–Crippen MR) is 255 cm³/mol. The smallest absolute Gasteiger partial charge is 0.307 e. The first-order chi connectivity index (χ1) is 28.4. The summed E-state index contributed by atoms with van der Waals surface area (Å²) in [4.78, 5) is 43.0. The summed E-state index contributed by atoms with van der Waals surface area (Å²) in [5.74, 6) is 0.694. The highest BCUT2D eigenvalue weighted by atomic mass is 16.5. The molecule has 1 amide bonds. The van der Waals surface area contributed by atoms with Crippen molar-refractivity contribution in [2.45, 2.75) is 199 Å². The minimum Gasteiger partial charge on any atom is -0.512 e. The number of allylic oxidation sites excluding steroid dienone is 2. The molecule has 348 valence electrons. The third-order valence-corrected chi connectivity index (χ3v) is 16.9. The van der Waals surface area contributed by atoms with E-state index in [0.29, 0.717) is 24.8 Å². The molecule has 0 saturated heterocycles. The molecule has 1 aromatic rings. The fourth-order valence-electron chi connectivity index (χ4n) is 13.4. The number of nitrogens with zero attached hydrogens (tertiary/aromatic N) is 1. The van der Waals surface area contributed by atoms with Crippen LogP contribution in [-0.2, 0) is 25.7 Å². The van der Waals surface area contributed by atoms with E-state index in [9.17, 15) is 24.6 Å². The van der Waals surface area contributed by atoms with Gasteiger partial charge in [0.25, 0.3) is 0 Å². The number of carbonyl (C=O) groups is 3. The first-order valence-corrected chi connectivity index (χ1v) is 23.6. The number of aryl methyl sites for hydroxylation is 1. The molecule has 7 heteroatoms. The first kappa shape index (κ1) is 53.0. The maximum atomic E-state index is 14.5. The molecule has 7 nitrogen and oxygen atoms in total. The number of amides is 1. The van der Waals surface area contributed by atoms with Gasteiger partial charge in [-0.2, -0.15) is 0 Å². The van der Waals surface area contributed by atoms with Gasteiger partial charge in [-0.25, -0.2) is 0 Å². The molecule has 0 radical (unpaired) electrons. The summed E-state index contributed by atoms with van der Waals surface area (Å²) >= 11 is 0. The van der Waals surface area contributed by atoms with Crippen molar-refractivity contribution < 1.29 is 29.3 Å². The Bertz CT molecular complexity index is 1800. The van der Waals surface area contributed by atoms with Gasteiger partial charge in [0.2, 0.25) is 5.91 Å². The summed E-state index contributed by atoms with van der Waals surface area (Å²) in [6.45, 7) is 30.3. The first-order valence-electron chi connectivity index (χ1n) is 23.6. The van der Waals surface area contributed by atoms with E-state index in [1.807, 2.05) is 13.8 Å². The lowest BCUT2D eigenvalue weighted by atomic mass is 9.41. The molecule has 62 heavy (non-hydrogen) atoms. The Morgan fingerprint density at radius 2 is 1.58 bits per heavy atom. The second kappa shape index (κ2) is 20.2. The van der Waals surface area contributed by atoms with E-state index < -0.39 is 16.9 Å². The number of carbonyl (C=O) groups excluding carboxylic acids is 3. The summed E-state index contributed by atoms with van der Waals surface area (Å²) in [6, 6.07) is 8.26. The maximum Gasteiger partial charge on any atom is 0.307 e. The Kier molecular flexibility index (Phi) is 17.3. The summed E-state index contributed by atoms with van der Waals surface area (Å²) < 4.78 is 6.33. The van der Waals surface area contributed by atoms with E-state index >= 15 is 0 Å². The molecule has 3 saturated carbocycles. The van der Waals surface area contributed by atoms with Crippen LogP contribution in [0.25, 0.3) is 0 Å². The highest BCUT2D eigenvalue weighted by Crippen LogP contribution is 2.69. The minimum atomic E-state index is -0.871. The molecule has 4 aliphatic carbocycles. The van der Waals surface area contributed by atoms with Crippen LogP contribution in [0, 0.1) is 70.0 Å². The number of hydrogen-bond donors (Lipinski definition) is 2. The standard InChI is InChI=1S/C52H81NO6.C2H2.CH4/c1-14-15-24-50(12)28-22-41-49(11,27-21-40-48(9,10)43(23-29-51(40,41)13)59-44(58)31-47(7,8)36(5)54)25-16-26-52(30-39(56)45(34(2)3)46(50)52)42(57)33-53(37(6)55)32-38-19-17-35(4)18-20-38;1-2;/h17-20,34,40-43,54,57H,5,14-16,21-33H2,1-4,6-13H3;1-2H;1H4/t40?,41?,42-,43?,49?,50?,51?,52?;;/m1../s1. The number of aliphatic hydroxyl groups is 2. The Morgan fingerprint density at radius 3 is 2.15 bits per heavy atom. The Morgan fingerprint density at radius 1 is 0.968 bits per heavy atom. The van der Waals surface area contributed by atoms with Crippen molar-refractivity contribution >= 4 is 17.7 Å². The number of terminal acetylenes is 1. The van der Waals surface area contributed by atoms with Gasteiger partial charge in [-0.05, 0) is 115 Å². The average molecular weight is 858 g/mol. The number of benzene rings is 1. The lowest BCUT2D eigenvalue weighted by Crippen LogP contribution is -2.59. The van der Waals surface area contributed by atoms with Gasteiger partial charge in [0.15, 0.2) is 5.78 Å². The molecule has 8 atom stereocenters. The van der Waals surface area contributed by atoms with Crippen LogP contribution < -0.4 is 0 Å². The number of esters is 1. The number of ketones is 1. The van der Waals surface area contributed by atoms with Crippen molar-refractivity contribution in [2.75, 3.05) is 6.54 Å². The molecule has 2 N–H and O–H groups in total. The van der Waals surface area contributed by atoms with Crippen molar-refractivity contribution in [1.82, 2.24) is 4.90 Å². The second-order valence-corrected chi connectivity index (χ2v) is 22.3. The zero-order chi connectivity index (χ0) is 45.9. The quantitative estimate of drug-likeness (QED) is 0.116. The lowest BCUT2D eigenvalue weighted by Gasteiger charge is -2.65. The Labute approximate surface area is 378 Å². The molecule has 3 fully saturated rings. The summed E-state index contributed by atoms with van der Waals surface area (Å²) in [5.41, 5.74) is 2.46. The monoisotopic (exact) mass is 858 g/mol. The highest BCUT2D eigenvalue weighted by Gasteiger charge is 2.63. The number of unbranched alkanes of at least 4 members (excludes halogenated alkanes) is 1. The van der Waals surface area contributed by atoms with Gasteiger partial charge in [0, 0.05) is 42.7 Å². The van der Waals surface area contributed by atoms with E-state index in [0.717, 1.165) is 93.7 Å². The average Bonchev–Trinajstić information content (AvgIpc) is 3.49. The normalized spacial score (nSPS) is 31.2. The van der Waals surface area contributed by atoms with Crippen LogP contribution >= 0.6 is 0 Å². The van der Waals surface area contributed by atoms with E-state index in [4.69, 9.17) is 4.74 Å². The Balaban J connectivity index is 0.00000336. The zero-order valence-corrected chi connectivity index (χ0v) is 40.3. The molecule has 0 heterocycles. The number of rotatable bonds is 13. The van der Waals surface area contributed by atoms with Gasteiger partial charge < -0.3 is 19.8 Å². The van der Waals surface area contributed by atoms with Crippen LogP contribution in [0.2, 0.25) is 0 Å². The molecule has 4 aliphatic rings. The molecule has 1 aromatic carbocycles. The highest BCUT2D eigenvalue weighted by molar-refractivity contribution is 6.01. The summed E-state index contributed by atoms with van der Waals surface area (Å²) in [6.07, 6.45) is 19.0. The number of fused-ring (bicyclic) bond motifs is 4. The van der Waals surface area contributed by atoms with E-state index in [2.05, 4.69) is 106 Å². The summed E-state index contributed by atoms with van der Waals surface area (Å²) in [5, 5.41) is 23.0. The number of aliphatic hydroxyl groups excluding tert-OH is 2. The van der Waals surface area contributed by atoms with Crippen LogP contribution in [0.15, 0.2) is 47.7 Å². The third kappa shape index (κ3) is 10.4. The van der Waals surface area contributed by atoms with Crippen LogP contribution in [0.1, 0.15) is 185 Å². The van der Waals surface area contributed by atoms with Gasteiger partial charge in [0.05, 0.1) is 18.3 Å². The van der Waals surface area contributed by atoms with Gasteiger partial charge in [-0.3, -0.25) is 14.4 Å². The van der Waals surface area contributed by atoms with Crippen LogP contribution in [0.3, 0.4) is 0 Å². The van der Waals surface area contributed by atoms with E-state index in [1.54, 1.807) is 11.8 Å². The number of hydrogen-bond acceptors (Lipinski definition) is 6. The van der Waals surface area contributed by atoms with Gasteiger partial charge >= 0.3 is 5.97 Å². The van der Waals surface area contributed by atoms with Gasteiger partial charge in [0.1, 0.15) is 6.10 Å². The molecular weight excluding hydrogens is 771 g/mol. The third-order valence-electron chi connectivity index (χ3n) is 16.9. The van der Waals surface area contributed by atoms with Crippen LogP contribution in [-0.4, -0.2) is 51.5 Å². The van der Waals surface area contributed by atoms with Gasteiger partial charge in [-0.1, -0.05) is 132 Å². The van der Waals surface area contributed by atoms with Crippen LogP contribution in [0.4, 0.5) is 0 Å². The molecule has 0 spiro atoms. The van der Waals surface area contributed by atoms with Crippen molar-refractivity contribution in [3.8, 4) is 12.8 Å². The topological polar surface area (TPSA) is 104 Å².